The fourth-order valence-electron chi connectivity index (χ4n) is 4.70. The van der Waals surface area contributed by atoms with Crippen molar-refractivity contribution in [3.63, 3.8) is 0 Å². The molecule has 0 saturated heterocycles. The Hall–Kier alpha value is -1.80. The van der Waals surface area contributed by atoms with Gasteiger partial charge < -0.3 is 9.84 Å². The van der Waals surface area contributed by atoms with Crippen molar-refractivity contribution < 1.29 is 9.84 Å². The first kappa shape index (κ1) is 13.8. The van der Waals surface area contributed by atoms with E-state index in [0.717, 1.165) is 31.4 Å². The number of methoxy groups -OCH3 is 1. The summed E-state index contributed by atoms with van der Waals surface area (Å²) in [6, 6.07) is 17.2. The molecule has 2 aliphatic rings. The molecule has 0 heterocycles. The molecule has 114 valence electrons. The van der Waals surface area contributed by atoms with Gasteiger partial charge in [0.2, 0.25) is 0 Å². The van der Waals surface area contributed by atoms with Crippen LogP contribution in [0, 0.1) is 5.92 Å². The van der Waals surface area contributed by atoms with Crippen LogP contribution >= 0.6 is 0 Å². The van der Waals surface area contributed by atoms with Gasteiger partial charge in [0.1, 0.15) is 5.75 Å². The molecule has 2 aliphatic carbocycles. The zero-order chi connectivity index (χ0) is 15.2. The summed E-state index contributed by atoms with van der Waals surface area (Å²) in [4.78, 5) is 0. The van der Waals surface area contributed by atoms with Gasteiger partial charge in [0.15, 0.2) is 0 Å². The predicted octanol–water partition coefficient (Wildman–Crippen LogP) is 3.70. The van der Waals surface area contributed by atoms with Crippen molar-refractivity contribution in [2.24, 2.45) is 5.92 Å². The third-order valence-corrected chi connectivity index (χ3v) is 5.65. The van der Waals surface area contributed by atoms with Crippen LogP contribution < -0.4 is 4.74 Å². The molecule has 2 aromatic carbocycles. The molecule has 2 heteroatoms. The fraction of sp³-hybridized carbons (Fsp3) is 0.400. The van der Waals surface area contributed by atoms with E-state index in [1.54, 1.807) is 7.11 Å². The number of fused-ring (bicyclic) bond motifs is 3. The Morgan fingerprint density at radius 3 is 2.68 bits per heavy atom. The Labute approximate surface area is 131 Å². The van der Waals surface area contributed by atoms with Gasteiger partial charge in [-0.3, -0.25) is 0 Å². The van der Waals surface area contributed by atoms with Crippen LogP contribution in [0.3, 0.4) is 0 Å². The molecule has 0 amide bonds. The number of aliphatic hydroxyl groups excluding tert-OH is 1. The molecule has 0 bridgehead atoms. The van der Waals surface area contributed by atoms with E-state index in [-0.39, 0.29) is 11.5 Å². The normalized spacial score (nSPS) is 29.7. The maximum absolute atomic E-state index is 10.4. The second-order valence-electron chi connectivity index (χ2n) is 6.70. The molecule has 1 N–H and O–H groups in total. The molecule has 1 saturated carbocycles. The summed E-state index contributed by atoms with van der Waals surface area (Å²) in [5.74, 6) is 1.52. The number of ether oxygens (including phenoxy) is 1. The highest BCUT2D eigenvalue weighted by molar-refractivity contribution is 5.52. The Kier molecular flexibility index (Phi) is 3.23. The summed E-state index contributed by atoms with van der Waals surface area (Å²) in [7, 11) is 1.72. The lowest BCUT2D eigenvalue weighted by Gasteiger charge is -2.43. The van der Waals surface area contributed by atoms with Gasteiger partial charge in [0.25, 0.3) is 0 Å². The SMILES string of the molecule is COc1ccc2c(c1)C[C@@H]1CC[C@H](O)C[C@]21c1ccccc1. The van der Waals surface area contributed by atoms with Crippen LogP contribution in [-0.4, -0.2) is 18.3 Å². The quantitative estimate of drug-likeness (QED) is 0.915. The first-order valence-corrected chi connectivity index (χ1v) is 8.15. The lowest BCUT2D eigenvalue weighted by atomic mass is 9.61. The van der Waals surface area contributed by atoms with Crippen LogP contribution in [0.5, 0.6) is 5.75 Å². The summed E-state index contributed by atoms with van der Waals surface area (Å²) < 4.78 is 5.40. The first-order chi connectivity index (χ1) is 10.7. The number of hydrogen-bond donors (Lipinski definition) is 1. The van der Waals surface area contributed by atoms with Gasteiger partial charge in [-0.15, -0.1) is 0 Å². The van der Waals surface area contributed by atoms with Crippen molar-refractivity contribution >= 4 is 0 Å². The maximum Gasteiger partial charge on any atom is 0.119 e. The van der Waals surface area contributed by atoms with E-state index >= 15 is 0 Å². The van der Waals surface area contributed by atoms with Crippen molar-refractivity contribution in [2.45, 2.75) is 37.2 Å². The fourth-order valence-corrected chi connectivity index (χ4v) is 4.70. The molecule has 22 heavy (non-hydrogen) atoms. The minimum atomic E-state index is -0.204. The molecule has 0 spiro atoms. The summed E-state index contributed by atoms with van der Waals surface area (Å²) in [5.41, 5.74) is 4.11. The molecule has 1 fully saturated rings. The lowest BCUT2D eigenvalue weighted by Crippen LogP contribution is -2.41. The Morgan fingerprint density at radius 2 is 1.91 bits per heavy atom. The zero-order valence-corrected chi connectivity index (χ0v) is 13.0. The van der Waals surface area contributed by atoms with Crippen LogP contribution in [-0.2, 0) is 11.8 Å². The van der Waals surface area contributed by atoms with Crippen LogP contribution in [0.2, 0.25) is 0 Å². The molecule has 0 aliphatic heterocycles. The van der Waals surface area contributed by atoms with Crippen molar-refractivity contribution in [2.75, 3.05) is 7.11 Å². The van der Waals surface area contributed by atoms with E-state index in [4.69, 9.17) is 4.74 Å². The molecule has 3 atom stereocenters. The highest BCUT2D eigenvalue weighted by Gasteiger charge is 2.50. The van der Waals surface area contributed by atoms with Crippen molar-refractivity contribution in [1.82, 2.24) is 0 Å². The zero-order valence-electron chi connectivity index (χ0n) is 13.0. The van der Waals surface area contributed by atoms with Crippen LogP contribution in [0.25, 0.3) is 0 Å². The summed E-state index contributed by atoms with van der Waals surface area (Å²) in [6.07, 6.45) is 3.73. The first-order valence-electron chi connectivity index (χ1n) is 8.15. The Morgan fingerprint density at radius 1 is 1.09 bits per heavy atom. The number of benzene rings is 2. The molecule has 0 radical (unpaired) electrons. The Balaban J connectivity index is 1.91. The van der Waals surface area contributed by atoms with Gasteiger partial charge in [-0.25, -0.2) is 0 Å². The lowest BCUT2D eigenvalue weighted by molar-refractivity contribution is 0.0713. The summed E-state index contributed by atoms with van der Waals surface area (Å²) in [6.45, 7) is 0. The number of aliphatic hydroxyl groups is 1. The van der Waals surface area contributed by atoms with Crippen molar-refractivity contribution in [3.05, 3.63) is 65.2 Å². The Bertz CT molecular complexity index is 679. The van der Waals surface area contributed by atoms with Gasteiger partial charge in [-0.2, -0.15) is 0 Å². The van der Waals surface area contributed by atoms with Gasteiger partial charge in [0.05, 0.1) is 13.2 Å². The minimum absolute atomic E-state index is 0.0273. The second-order valence-corrected chi connectivity index (χ2v) is 6.70. The summed E-state index contributed by atoms with van der Waals surface area (Å²) >= 11 is 0. The van der Waals surface area contributed by atoms with E-state index in [9.17, 15) is 5.11 Å². The number of hydrogen-bond acceptors (Lipinski definition) is 2. The summed E-state index contributed by atoms with van der Waals surface area (Å²) in [5, 5.41) is 10.4. The molecular weight excluding hydrogens is 272 g/mol. The molecule has 0 unspecified atom stereocenters. The maximum atomic E-state index is 10.4. The van der Waals surface area contributed by atoms with E-state index in [1.165, 1.54) is 16.7 Å². The second kappa shape index (κ2) is 5.13. The number of rotatable bonds is 2. The molecule has 0 aromatic heterocycles. The standard InChI is InChI=1S/C20H22O2/c1-22-18-9-10-19-14(12-18)11-16-7-8-17(21)13-20(16,19)15-5-3-2-4-6-15/h2-6,9-10,12,16-17,21H,7-8,11,13H2,1H3/t16-,17-,20+/m0/s1. The monoisotopic (exact) mass is 294 g/mol. The van der Waals surface area contributed by atoms with Crippen LogP contribution in [0.1, 0.15) is 36.0 Å². The van der Waals surface area contributed by atoms with Crippen molar-refractivity contribution in [1.29, 1.82) is 0 Å². The van der Waals surface area contributed by atoms with Crippen LogP contribution in [0.4, 0.5) is 0 Å². The topological polar surface area (TPSA) is 29.5 Å². The average Bonchev–Trinajstić information content (AvgIpc) is 2.89. The minimum Gasteiger partial charge on any atom is -0.497 e. The van der Waals surface area contributed by atoms with E-state index < -0.39 is 0 Å². The van der Waals surface area contributed by atoms with E-state index in [0.29, 0.717) is 5.92 Å². The highest BCUT2D eigenvalue weighted by atomic mass is 16.5. The third kappa shape index (κ3) is 1.90. The van der Waals surface area contributed by atoms with Gasteiger partial charge in [0, 0.05) is 5.41 Å². The smallest absolute Gasteiger partial charge is 0.119 e. The van der Waals surface area contributed by atoms with E-state index in [1.807, 2.05) is 0 Å². The third-order valence-electron chi connectivity index (χ3n) is 5.65. The molecule has 4 rings (SSSR count). The molecule has 2 nitrogen and oxygen atoms in total. The highest BCUT2D eigenvalue weighted by Crippen LogP contribution is 2.55. The van der Waals surface area contributed by atoms with E-state index in [2.05, 4.69) is 48.5 Å². The molecular formula is C20H22O2. The van der Waals surface area contributed by atoms with Gasteiger partial charge in [-0.1, -0.05) is 36.4 Å². The predicted molar refractivity (Wildman–Crippen MR) is 87.3 cm³/mol. The largest absolute Gasteiger partial charge is 0.497 e. The average molecular weight is 294 g/mol. The molecule has 2 aromatic rings. The van der Waals surface area contributed by atoms with Crippen molar-refractivity contribution in [3.8, 4) is 5.75 Å². The van der Waals surface area contributed by atoms with Crippen LogP contribution in [0.15, 0.2) is 48.5 Å². The van der Waals surface area contributed by atoms with Gasteiger partial charge in [-0.05, 0) is 60.4 Å². The van der Waals surface area contributed by atoms with Gasteiger partial charge >= 0.3 is 0 Å².